The number of nitrogens with zero attached hydrogens (tertiary/aromatic N) is 2. The summed E-state index contributed by atoms with van der Waals surface area (Å²) in [6.07, 6.45) is 1.00. The number of ether oxygens (including phenoxy) is 3. The maximum absolute atomic E-state index is 5.85. The Morgan fingerprint density at radius 2 is 2.12 bits per heavy atom. The molecule has 2 rings (SSSR count). The summed E-state index contributed by atoms with van der Waals surface area (Å²) in [6, 6.07) is 7.52. The smallest absolute Gasteiger partial charge is 0.188 e. The molecule has 0 unspecified atom stereocenters. The third-order valence-corrected chi connectivity index (χ3v) is 3.74. The first kappa shape index (κ1) is 18.4. The SMILES string of the molecule is COc1cccc(OCCNC(N)=NCCCN2CCOCC2)c1. The van der Waals surface area contributed by atoms with Crippen molar-refractivity contribution in [2.24, 2.45) is 10.7 Å². The minimum absolute atomic E-state index is 0.464. The van der Waals surface area contributed by atoms with E-state index in [0.717, 1.165) is 57.3 Å². The van der Waals surface area contributed by atoms with Crippen LogP contribution >= 0.6 is 0 Å². The first-order valence-electron chi connectivity index (χ1n) is 8.38. The highest BCUT2D eigenvalue weighted by atomic mass is 16.5. The van der Waals surface area contributed by atoms with E-state index < -0.39 is 0 Å². The average molecular weight is 336 g/mol. The molecule has 1 fully saturated rings. The van der Waals surface area contributed by atoms with Gasteiger partial charge in [-0.25, -0.2) is 0 Å². The lowest BCUT2D eigenvalue weighted by molar-refractivity contribution is 0.0377. The zero-order valence-corrected chi connectivity index (χ0v) is 14.4. The maximum atomic E-state index is 5.85. The number of rotatable bonds is 9. The molecule has 1 aliphatic heterocycles. The van der Waals surface area contributed by atoms with Gasteiger partial charge in [0.15, 0.2) is 5.96 Å². The number of nitrogens with one attached hydrogen (secondary N) is 1. The number of methoxy groups -OCH3 is 1. The van der Waals surface area contributed by atoms with Crippen molar-refractivity contribution in [3.8, 4) is 11.5 Å². The van der Waals surface area contributed by atoms with E-state index in [1.807, 2.05) is 24.3 Å². The molecular formula is C17H28N4O3. The van der Waals surface area contributed by atoms with E-state index in [4.69, 9.17) is 19.9 Å². The van der Waals surface area contributed by atoms with E-state index in [2.05, 4.69) is 15.2 Å². The van der Waals surface area contributed by atoms with Crippen LogP contribution in [0.4, 0.5) is 0 Å². The van der Waals surface area contributed by atoms with Gasteiger partial charge in [0.1, 0.15) is 18.1 Å². The quantitative estimate of drug-likeness (QED) is 0.392. The summed E-state index contributed by atoms with van der Waals surface area (Å²) in [4.78, 5) is 6.72. The van der Waals surface area contributed by atoms with Crippen LogP contribution in [0.1, 0.15) is 6.42 Å². The highest BCUT2D eigenvalue weighted by molar-refractivity contribution is 5.77. The van der Waals surface area contributed by atoms with E-state index in [0.29, 0.717) is 19.1 Å². The fraction of sp³-hybridized carbons (Fsp3) is 0.588. The van der Waals surface area contributed by atoms with Crippen LogP contribution in [0.5, 0.6) is 11.5 Å². The minimum Gasteiger partial charge on any atom is -0.497 e. The number of hydrogen-bond acceptors (Lipinski definition) is 5. The lowest BCUT2D eigenvalue weighted by Gasteiger charge is -2.26. The van der Waals surface area contributed by atoms with E-state index in [9.17, 15) is 0 Å². The molecule has 0 aliphatic carbocycles. The average Bonchev–Trinajstić information content (AvgIpc) is 2.63. The Morgan fingerprint density at radius 1 is 1.33 bits per heavy atom. The highest BCUT2D eigenvalue weighted by Gasteiger charge is 2.08. The summed E-state index contributed by atoms with van der Waals surface area (Å²) in [5, 5.41) is 3.06. The predicted octanol–water partition coefficient (Wildman–Crippen LogP) is 0.701. The Labute approximate surface area is 143 Å². The van der Waals surface area contributed by atoms with Gasteiger partial charge in [-0.1, -0.05) is 6.07 Å². The van der Waals surface area contributed by atoms with Crippen molar-refractivity contribution < 1.29 is 14.2 Å². The monoisotopic (exact) mass is 336 g/mol. The second-order valence-electron chi connectivity index (χ2n) is 5.53. The molecule has 7 nitrogen and oxygen atoms in total. The first-order chi connectivity index (χ1) is 11.8. The van der Waals surface area contributed by atoms with E-state index in [-0.39, 0.29) is 0 Å². The highest BCUT2D eigenvalue weighted by Crippen LogP contribution is 2.18. The van der Waals surface area contributed by atoms with Gasteiger partial charge in [0, 0.05) is 32.2 Å². The molecule has 0 spiro atoms. The lowest BCUT2D eigenvalue weighted by Crippen LogP contribution is -2.37. The second-order valence-corrected chi connectivity index (χ2v) is 5.53. The second kappa shape index (κ2) is 10.7. The Morgan fingerprint density at radius 3 is 2.92 bits per heavy atom. The molecule has 1 heterocycles. The van der Waals surface area contributed by atoms with E-state index in [1.54, 1.807) is 7.11 Å². The molecule has 0 atom stereocenters. The summed E-state index contributed by atoms with van der Waals surface area (Å²) in [5.74, 6) is 2.02. The number of morpholine rings is 1. The van der Waals surface area contributed by atoms with Crippen molar-refractivity contribution in [3.05, 3.63) is 24.3 Å². The number of benzene rings is 1. The van der Waals surface area contributed by atoms with Crippen LogP contribution in [-0.2, 0) is 4.74 Å². The van der Waals surface area contributed by atoms with Gasteiger partial charge in [-0.2, -0.15) is 0 Å². The number of hydrogen-bond donors (Lipinski definition) is 2. The van der Waals surface area contributed by atoms with Crippen LogP contribution in [0.15, 0.2) is 29.3 Å². The molecule has 1 saturated heterocycles. The van der Waals surface area contributed by atoms with E-state index >= 15 is 0 Å². The fourth-order valence-corrected chi connectivity index (χ4v) is 2.41. The first-order valence-corrected chi connectivity index (χ1v) is 8.38. The van der Waals surface area contributed by atoms with Crippen LogP contribution in [-0.4, -0.2) is 70.5 Å². The summed E-state index contributed by atoms with van der Waals surface area (Å²) in [7, 11) is 1.64. The van der Waals surface area contributed by atoms with Crippen molar-refractivity contribution in [3.63, 3.8) is 0 Å². The molecular weight excluding hydrogens is 308 g/mol. The Bertz CT molecular complexity index is 504. The standard InChI is InChI=1S/C17H28N4O3/c1-22-15-4-2-5-16(14-15)24-11-7-20-17(18)19-6-3-8-21-9-12-23-13-10-21/h2,4-5,14H,3,6-13H2,1H3,(H3,18,19,20). The molecule has 0 saturated carbocycles. The summed E-state index contributed by atoms with van der Waals surface area (Å²) < 4.78 is 16.1. The van der Waals surface area contributed by atoms with Gasteiger partial charge in [-0.05, 0) is 18.6 Å². The molecule has 0 aromatic heterocycles. The third kappa shape index (κ3) is 7.06. The third-order valence-electron chi connectivity index (χ3n) is 3.74. The van der Waals surface area contributed by atoms with Crippen LogP contribution in [0, 0.1) is 0 Å². The molecule has 1 aromatic carbocycles. The van der Waals surface area contributed by atoms with Gasteiger partial charge >= 0.3 is 0 Å². The van der Waals surface area contributed by atoms with Crippen LogP contribution < -0.4 is 20.5 Å². The molecule has 24 heavy (non-hydrogen) atoms. The zero-order chi connectivity index (χ0) is 17.0. The van der Waals surface area contributed by atoms with Crippen molar-refractivity contribution >= 4 is 5.96 Å². The zero-order valence-electron chi connectivity index (χ0n) is 14.4. The van der Waals surface area contributed by atoms with Crippen LogP contribution in [0.2, 0.25) is 0 Å². The lowest BCUT2D eigenvalue weighted by atomic mass is 10.3. The summed E-state index contributed by atoms with van der Waals surface area (Å²) in [5.41, 5.74) is 5.85. The van der Waals surface area contributed by atoms with Gasteiger partial charge in [-0.3, -0.25) is 9.89 Å². The predicted molar refractivity (Wildman–Crippen MR) is 94.9 cm³/mol. The Hall–Kier alpha value is -1.99. The van der Waals surface area contributed by atoms with Crippen molar-refractivity contribution in [2.75, 3.05) is 59.7 Å². The normalized spacial score (nSPS) is 16.0. The molecule has 1 aromatic rings. The fourth-order valence-electron chi connectivity index (χ4n) is 2.41. The van der Waals surface area contributed by atoms with Crippen LogP contribution in [0.25, 0.3) is 0 Å². The minimum atomic E-state index is 0.464. The molecule has 0 radical (unpaired) electrons. The molecule has 7 heteroatoms. The maximum Gasteiger partial charge on any atom is 0.188 e. The van der Waals surface area contributed by atoms with Gasteiger partial charge < -0.3 is 25.3 Å². The topological polar surface area (TPSA) is 81.3 Å². The van der Waals surface area contributed by atoms with Gasteiger partial charge in [0.05, 0.1) is 26.9 Å². The Kier molecular flexibility index (Phi) is 8.20. The molecule has 1 aliphatic rings. The van der Waals surface area contributed by atoms with E-state index in [1.165, 1.54) is 0 Å². The summed E-state index contributed by atoms with van der Waals surface area (Å²) in [6.45, 7) is 6.58. The summed E-state index contributed by atoms with van der Waals surface area (Å²) >= 11 is 0. The largest absolute Gasteiger partial charge is 0.497 e. The Balaban J connectivity index is 1.54. The molecule has 134 valence electrons. The van der Waals surface area contributed by atoms with Crippen molar-refractivity contribution in [1.82, 2.24) is 10.2 Å². The number of aliphatic imine (C=N–C) groups is 1. The van der Waals surface area contributed by atoms with Crippen molar-refractivity contribution in [2.45, 2.75) is 6.42 Å². The van der Waals surface area contributed by atoms with Gasteiger partial charge in [-0.15, -0.1) is 0 Å². The molecule has 3 N–H and O–H groups in total. The van der Waals surface area contributed by atoms with Gasteiger partial charge in [0.2, 0.25) is 0 Å². The molecule has 0 bridgehead atoms. The van der Waals surface area contributed by atoms with Crippen LogP contribution in [0.3, 0.4) is 0 Å². The molecule has 0 amide bonds. The number of nitrogens with two attached hydrogens (primary N) is 1. The van der Waals surface area contributed by atoms with Gasteiger partial charge in [0.25, 0.3) is 0 Å². The van der Waals surface area contributed by atoms with Crippen molar-refractivity contribution in [1.29, 1.82) is 0 Å². The number of guanidine groups is 1.